The topological polar surface area (TPSA) is 76.3 Å². The van der Waals surface area contributed by atoms with Gasteiger partial charge in [-0.05, 0) is 58.7 Å². The Hall–Kier alpha value is -5.62. The minimum Gasteiger partial charge on any atom is -0.265 e. The molecule has 0 aliphatic carbocycles. The van der Waals surface area contributed by atoms with Gasteiger partial charge in [0, 0.05) is 59.4 Å². The first-order valence-corrected chi connectivity index (χ1v) is 12.9. The summed E-state index contributed by atoms with van der Waals surface area (Å²) in [5, 5.41) is 0. The van der Waals surface area contributed by atoms with Crippen molar-refractivity contribution < 1.29 is 0 Å². The Morgan fingerprint density at radius 1 is 0.300 bits per heavy atom. The number of benzene rings is 2. The SMILES string of the molecule is c1cc(-c2ccc(/C3=N/c4cnccc4/C(c4ccc(-c5ccncc5)cc4)=N\c4cnccc43)cc2)ccn1. The zero-order valence-corrected chi connectivity index (χ0v) is 21.4. The summed E-state index contributed by atoms with van der Waals surface area (Å²) in [4.78, 5) is 27.4. The summed E-state index contributed by atoms with van der Waals surface area (Å²) in [5.41, 5.74) is 11.4. The minimum absolute atomic E-state index is 0.759. The summed E-state index contributed by atoms with van der Waals surface area (Å²) in [7, 11) is 0. The van der Waals surface area contributed by atoms with E-state index in [2.05, 4.69) is 68.5 Å². The number of aliphatic imine (C=N–C) groups is 2. The zero-order valence-electron chi connectivity index (χ0n) is 21.4. The van der Waals surface area contributed by atoms with E-state index in [-0.39, 0.29) is 0 Å². The summed E-state index contributed by atoms with van der Waals surface area (Å²) in [6.07, 6.45) is 14.4. The van der Waals surface area contributed by atoms with Crippen LogP contribution in [0.15, 0.2) is 144 Å². The molecule has 0 N–H and O–H groups in total. The molecule has 4 aromatic heterocycles. The van der Waals surface area contributed by atoms with Gasteiger partial charge in [-0.1, -0.05) is 48.5 Å². The van der Waals surface area contributed by atoms with Gasteiger partial charge in [0.25, 0.3) is 0 Å². The predicted octanol–water partition coefficient (Wildman–Crippen LogP) is 7.25. The predicted molar refractivity (Wildman–Crippen MR) is 158 cm³/mol. The van der Waals surface area contributed by atoms with Crippen molar-refractivity contribution in [2.24, 2.45) is 9.98 Å². The largest absolute Gasteiger partial charge is 0.265 e. The fourth-order valence-corrected chi connectivity index (χ4v) is 4.88. The fraction of sp³-hybridized carbons (Fsp3) is 0. The lowest BCUT2D eigenvalue weighted by atomic mass is 9.95. The van der Waals surface area contributed by atoms with Crippen LogP contribution in [0.2, 0.25) is 0 Å². The van der Waals surface area contributed by atoms with E-state index in [0.717, 1.165) is 67.3 Å². The Morgan fingerprint density at radius 3 is 1.02 bits per heavy atom. The Bertz CT molecular complexity index is 1720. The van der Waals surface area contributed by atoms with Crippen molar-refractivity contribution in [1.29, 1.82) is 0 Å². The van der Waals surface area contributed by atoms with Crippen molar-refractivity contribution in [2.45, 2.75) is 0 Å². The highest BCUT2D eigenvalue weighted by atomic mass is 14.9. The van der Waals surface area contributed by atoms with Crippen LogP contribution in [0.1, 0.15) is 22.3 Å². The van der Waals surface area contributed by atoms with Crippen molar-refractivity contribution in [1.82, 2.24) is 19.9 Å². The number of fused-ring (bicyclic) bond motifs is 2. The molecule has 0 saturated carbocycles. The van der Waals surface area contributed by atoms with E-state index < -0.39 is 0 Å². The molecule has 0 unspecified atom stereocenters. The molecule has 6 heteroatoms. The third-order valence-electron chi connectivity index (χ3n) is 6.92. The lowest BCUT2D eigenvalue weighted by Crippen LogP contribution is -2.10. The Morgan fingerprint density at radius 2 is 0.625 bits per heavy atom. The van der Waals surface area contributed by atoms with Gasteiger partial charge in [0.2, 0.25) is 0 Å². The second-order valence-corrected chi connectivity index (χ2v) is 9.33. The van der Waals surface area contributed by atoms with Crippen molar-refractivity contribution >= 4 is 22.8 Å². The van der Waals surface area contributed by atoms with Gasteiger partial charge in [0.15, 0.2) is 0 Å². The van der Waals surface area contributed by atoms with Crippen LogP contribution in [0.5, 0.6) is 0 Å². The van der Waals surface area contributed by atoms with Gasteiger partial charge in [0.1, 0.15) is 0 Å². The molecule has 0 bridgehead atoms. The molecule has 0 fully saturated rings. The van der Waals surface area contributed by atoms with E-state index in [1.807, 2.05) is 36.4 Å². The molecule has 0 radical (unpaired) electrons. The number of rotatable bonds is 4. The number of nitrogens with zero attached hydrogens (tertiary/aromatic N) is 6. The number of hydrogen-bond donors (Lipinski definition) is 0. The van der Waals surface area contributed by atoms with Crippen LogP contribution in [0.4, 0.5) is 11.4 Å². The van der Waals surface area contributed by atoms with Crippen LogP contribution >= 0.6 is 0 Å². The highest BCUT2D eigenvalue weighted by Crippen LogP contribution is 2.33. The van der Waals surface area contributed by atoms with E-state index in [1.54, 1.807) is 49.6 Å². The molecule has 6 aromatic rings. The Labute approximate surface area is 231 Å². The maximum absolute atomic E-state index is 5.18. The van der Waals surface area contributed by atoms with Crippen LogP contribution in [-0.2, 0) is 0 Å². The van der Waals surface area contributed by atoms with Gasteiger partial charge in [0.05, 0.1) is 35.2 Å². The first-order chi connectivity index (χ1) is 19.8. The quantitative estimate of drug-likeness (QED) is 0.248. The normalized spacial score (nSPS) is 14.9. The van der Waals surface area contributed by atoms with E-state index in [4.69, 9.17) is 9.98 Å². The number of hydrogen-bond acceptors (Lipinski definition) is 6. The molecular weight excluding hydrogens is 492 g/mol. The van der Waals surface area contributed by atoms with E-state index in [9.17, 15) is 0 Å². The lowest BCUT2D eigenvalue weighted by Gasteiger charge is -2.18. The van der Waals surface area contributed by atoms with Crippen LogP contribution < -0.4 is 0 Å². The molecule has 5 heterocycles. The molecule has 0 spiro atoms. The molecule has 2 aromatic carbocycles. The molecule has 0 amide bonds. The van der Waals surface area contributed by atoms with E-state index in [1.165, 1.54) is 0 Å². The third kappa shape index (κ3) is 4.48. The maximum atomic E-state index is 5.18. The van der Waals surface area contributed by atoms with Crippen molar-refractivity contribution in [3.8, 4) is 22.3 Å². The van der Waals surface area contributed by atoms with Gasteiger partial charge < -0.3 is 0 Å². The second kappa shape index (κ2) is 10.3. The maximum Gasteiger partial charge on any atom is 0.0914 e. The summed E-state index contributed by atoms with van der Waals surface area (Å²) in [5.74, 6) is 0. The highest BCUT2D eigenvalue weighted by molar-refractivity contribution is 6.22. The summed E-state index contributed by atoms with van der Waals surface area (Å²) < 4.78 is 0. The Balaban J connectivity index is 1.34. The van der Waals surface area contributed by atoms with Crippen molar-refractivity contribution in [3.63, 3.8) is 0 Å². The lowest BCUT2D eigenvalue weighted by molar-refractivity contribution is 1.26. The molecule has 188 valence electrons. The van der Waals surface area contributed by atoms with Crippen molar-refractivity contribution in [2.75, 3.05) is 0 Å². The van der Waals surface area contributed by atoms with Gasteiger partial charge in [-0.15, -0.1) is 0 Å². The molecule has 1 aliphatic rings. The number of pyridine rings is 4. The van der Waals surface area contributed by atoms with Gasteiger partial charge in [-0.3, -0.25) is 19.9 Å². The summed E-state index contributed by atoms with van der Waals surface area (Å²) in [6, 6.07) is 28.8. The van der Waals surface area contributed by atoms with Gasteiger partial charge in [-0.25, -0.2) is 9.98 Å². The molecule has 40 heavy (non-hydrogen) atoms. The first kappa shape index (κ1) is 23.5. The van der Waals surface area contributed by atoms with Gasteiger partial charge in [-0.2, -0.15) is 0 Å². The average molecular weight is 515 g/mol. The van der Waals surface area contributed by atoms with Crippen LogP contribution in [-0.4, -0.2) is 31.4 Å². The molecule has 1 aliphatic heterocycles. The molecule has 0 saturated heterocycles. The summed E-state index contributed by atoms with van der Waals surface area (Å²) in [6.45, 7) is 0. The van der Waals surface area contributed by atoms with Crippen molar-refractivity contribution in [3.05, 3.63) is 157 Å². The van der Waals surface area contributed by atoms with E-state index >= 15 is 0 Å². The Kier molecular flexibility index (Phi) is 6.03. The van der Waals surface area contributed by atoms with Crippen LogP contribution in [0.25, 0.3) is 22.3 Å². The first-order valence-electron chi connectivity index (χ1n) is 12.9. The van der Waals surface area contributed by atoms with Crippen LogP contribution in [0, 0.1) is 0 Å². The minimum atomic E-state index is 0.759. The molecule has 6 nitrogen and oxygen atoms in total. The third-order valence-corrected chi connectivity index (χ3v) is 6.92. The molecule has 7 rings (SSSR count). The summed E-state index contributed by atoms with van der Waals surface area (Å²) >= 11 is 0. The molecular formula is C34H22N6. The number of aromatic nitrogens is 4. The van der Waals surface area contributed by atoms with E-state index in [0.29, 0.717) is 0 Å². The molecule has 0 atom stereocenters. The fourth-order valence-electron chi connectivity index (χ4n) is 4.88. The highest BCUT2D eigenvalue weighted by Gasteiger charge is 2.20. The smallest absolute Gasteiger partial charge is 0.0914 e. The standard InChI is InChI=1S/C34H22N6/c1-5-27(6-2-23(1)25-9-15-35-16-10-25)33-29-13-19-37-21-31(29)40-34(30-14-20-38-22-32(30)39-33)28-7-3-24(4-8-28)26-11-17-36-18-12-26/h1-22H/b33-29?,34-30?,39-32?,39-33-,40-31?,40-34-. The second-order valence-electron chi connectivity index (χ2n) is 9.33. The monoisotopic (exact) mass is 514 g/mol. The average Bonchev–Trinajstić information content (AvgIpc) is 3.03. The van der Waals surface area contributed by atoms with Gasteiger partial charge >= 0.3 is 0 Å². The van der Waals surface area contributed by atoms with Crippen LogP contribution in [0.3, 0.4) is 0 Å². The zero-order chi connectivity index (χ0) is 26.7.